The molecule has 0 saturated carbocycles. The van der Waals surface area contributed by atoms with Gasteiger partial charge in [0.25, 0.3) is 5.56 Å². The number of nitrogens with one attached hydrogen (secondary N) is 1. The number of fused-ring (bicyclic) bond motifs is 1. The minimum absolute atomic E-state index is 0.0624. The van der Waals surface area contributed by atoms with Crippen molar-refractivity contribution < 1.29 is 8.42 Å². The van der Waals surface area contributed by atoms with E-state index in [1.165, 1.54) is 18.4 Å². The summed E-state index contributed by atoms with van der Waals surface area (Å²) in [6, 6.07) is 5.84. The van der Waals surface area contributed by atoms with E-state index in [9.17, 15) is 13.2 Å². The quantitative estimate of drug-likeness (QED) is 0.739. The Morgan fingerprint density at radius 3 is 2.62 bits per heavy atom. The second-order valence-corrected chi connectivity index (χ2v) is 8.90. The van der Waals surface area contributed by atoms with Crippen molar-refractivity contribution in [3.8, 4) is 11.4 Å². The summed E-state index contributed by atoms with van der Waals surface area (Å²) in [7, 11) is -0.325. The van der Waals surface area contributed by atoms with Gasteiger partial charge in [0, 0.05) is 33.0 Å². The summed E-state index contributed by atoms with van der Waals surface area (Å²) < 4.78 is 26.9. The predicted molar refractivity (Wildman–Crippen MR) is 103 cm³/mol. The Morgan fingerprint density at radius 2 is 1.92 bits per heavy atom. The number of hydrogen-bond acceptors (Lipinski definition) is 4. The molecule has 0 fully saturated rings. The summed E-state index contributed by atoms with van der Waals surface area (Å²) in [5.74, 6) is 0.397. The predicted octanol–water partition coefficient (Wildman–Crippen LogP) is 1.90. The zero-order chi connectivity index (χ0) is 19.1. The number of rotatable bonds is 5. The van der Waals surface area contributed by atoms with Crippen LogP contribution in [0.4, 0.5) is 0 Å². The number of hydrogen-bond donors (Lipinski definition) is 1. The normalized spacial score (nSPS) is 12.2. The minimum atomic E-state index is -3.33. The molecule has 26 heavy (non-hydrogen) atoms. The lowest BCUT2D eigenvalue weighted by molar-refractivity contribution is 0.515. The number of sulfonamides is 1. The number of nitrogens with zero attached hydrogens (tertiary/aromatic N) is 3. The molecule has 0 atom stereocenters. The molecule has 0 aliphatic rings. The number of aromatic nitrogens is 3. The number of imidazole rings is 1. The number of aromatic amines is 1. The molecule has 3 aromatic rings. The van der Waals surface area contributed by atoms with Crippen molar-refractivity contribution >= 4 is 20.9 Å². The van der Waals surface area contributed by atoms with E-state index in [0.29, 0.717) is 11.4 Å². The number of H-pyrrole nitrogens is 1. The SMILES string of the molecule is Cc1cc(C)c2[nH]c(=O)c(-c3nccn3CCS(=O)(=O)N(C)C)cc2c1. The van der Waals surface area contributed by atoms with Crippen molar-refractivity contribution in [2.24, 2.45) is 0 Å². The Hall–Kier alpha value is -2.45. The lowest BCUT2D eigenvalue weighted by Gasteiger charge is -2.13. The topological polar surface area (TPSA) is 88.1 Å². The third-order valence-electron chi connectivity index (χ3n) is 4.40. The second-order valence-electron chi connectivity index (χ2n) is 6.60. The first-order valence-corrected chi connectivity index (χ1v) is 9.86. The molecule has 0 unspecified atom stereocenters. The van der Waals surface area contributed by atoms with Crippen molar-refractivity contribution in [1.29, 1.82) is 0 Å². The van der Waals surface area contributed by atoms with Crippen LogP contribution in [0.25, 0.3) is 22.3 Å². The summed E-state index contributed by atoms with van der Waals surface area (Å²) in [5.41, 5.74) is 3.09. The molecule has 3 rings (SSSR count). The van der Waals surface area contributed by atoms with Gasteiger partial charge in [-0.2, -0.15) is 0 Å². The van der Waals surface area contributed by atoms with Crippen LogP contribution >= 0.6 is 0 Å². The van der Waals surface area contributed by atoms with E-state index in [4.69, 9.17) is 0 Å². The summed E-state index contributed by atoms with van der Waals surface area (Å²) in [5, 5.41) is 0.924. The molecule has 2 aromatic heterocycles. The Balaban J connectivity index is 2.04. The highest BCUT2D eigenvalue weighted by Gasteiger charge is 2.17. The minimum Gasteiger partial charge on any atom is -0.330 e. The second kappa shape index (κ2) is 6.69. The summed E-state index contributed by atoms with van der Waals surface area (Å²) in [6.07, 6.45) is 3.26. The number of benzene rings is 1. The molecule has 0 bridgehead atoms. The van der Waals surface area contributed by atoms with Crippen LogP contribution in [-0.2, 0) is 16.6 Å². The molecule has 7 nitrogen and oxygen atoms in total. The lowest BCUT2D eigenvalue weighted by Crippen LogP contribution is -2.27. The highest BCUT2D eigenvalue weighted by Crippen LogP contribution is 2.22. The van der Waals surface area contributed by atoms with Gasteiger partial charge in [0.15, 0.2) is 0 Å². The summed E-state index contributed by atoms with van der Waals surface area (Å²) >= 11 is 0. The van der Waals surface area contributed by atoms with E-state index in [0.717, 1.165) is 22.0 Å². The Labute approximate surface area is 152 Å². The smallest absolute Gasteiger partial charge is 0.259 e. The zero-order valence-corrected chi connectivity index (χ0v) is 16.1. The molecule has 0 saturated heterocycles. The van der Waals surface area contributed by atoms with Crippen LogP contribution in [0.3, 0.4) is 0 Å². The molecule has 1 aromatic carbocycles. The van der Waals surface area contributed by atoms with Gasteiger partial charge in [0.1, 0.15) is 5.82 Å². The fourth-order valence-electron chi connectivity index (χ4n) is 2.98. The molecule has 8 heteroatoms. The monoisotopic (exact) mass is 374 g/mol. The fourth-order valence-corrected chi connectivity index (χ4v) is 3.78. The van der Waals surface area contributed by atoms with Crippen LogP contribution in [0.1, 0.15) is 11.1 Å². The van der Waals surface area contributed by atoms with Crippen molar-refractivity contribution in [2.75, 3.05) is 19.8 Å². The highest BCUT2D eigenvalue weighted by atomic mass is 32.2. The van der Waals surface area contributed by atoms with Gasteiger partial charge in [-0.15, -0.1) is 0 Å². The standard InChI is InChI=1S/C18H22N4O3S/c1-12-9-13(2)16-14(10-12)11-15(18(23)20-16)17-19-5-6-22(17)7-8-26(24,25)21(3)4/h5-6,9-11H,7-8H2,1-4H3,(H,20,23). The van der Waals surface area contributed by atoms with E-state index >= 15 is 0 Å². The van der Waals surface area contributed by atoms with Gasteiger partial charge in [-0.3, -0.25) is 4.79 Å². The molecule has 0 aliphatic carbocycles. The maximum absolute atomic E-state index is 12.6. The van der Waals surface area contributed by atoms with Crippen LogP contribution in [0, 0.1) is 13.8 Å². The van der Waals surface area contributed by atoms with Crippen LogP contribution in [0.5, 0.6) is 0 Å². The first-order chi connectivity index (χ1) is 12.2. The first kappa shape index (κ1) is 18.3. The van der Waals surface area contributed by atoms with Crippen molar-refractivity contribution in [2.45, 2.75) is 20.4 Å². The summed E-state index contributed by atoms with van der Waals surface area (Å²) in [6.45, 7) is 4.18. The van der Waals surface area contributed by atoms with Crippen molar-refractivity contribution in [3.05, 3.63) is 52.1 Å². The molecule has 0 amide bonds. The molecule has 138 valence electrons. The third kappa shape index (κ3) is 3.42. The van der Waals surface area contributed by atoms with Gasteiger partial charge < -0.3 is 9.55 Å². The number of aryl methyl sites for hydroxylation is 3. The lowest BCUT2D eigenvalue weighted by atomic mass is 10.1. The van der Waals surface area contributed by atoms with E-state index in [1.54, 1.807) is 17.0 Å². The van der Waals surface area contributed by atoms with E-state index in [1.807, 2.05) is 32.0 Å². The molecular formula is C18H22N4O3S. The first-order valence-electron chi connectivity index (χ1n) is 8.25. The maximum atomic E-state index is 12.6. The van der Waals surface area contributed by atoms with Gasteiger partial charge in [0.2, 0.25) is 10.0 Å². The molecule has 0 aliphatic heterocycles. The van der Waals surface area contributed by atoms with Gasteiger partial charge in [-0.25, -0.2) is 17.7 Å². The fraction of sp³-hybridized carbons (Fsp3) is 0.333. The van der Waals surface area contributed by atoms with E-state index in [-0.39, 0.29) is 17.9 Å². The zero-order valence-electron chi connectivity index (χ0n) is 15.3. The average molecular weight is 374 g/mol. The van der Waals surface area contributed by atoms with Crippen LogP contribution in [0.15, 0.2) is 35.4 Å². The largest absolute Gasteiger partial charge is 0.330 e. The average Bonchev–Trinajstić information content (AvgIpc) is 3.01. The van der Waals surface area contributed by atoms with Crippen LogP contribution in [0.2, 0.25) is 0 Å². The van der Waals surface area contributed by atoms with Crippen LogP contribution < -0.4 is 5.56 Å². The Bertz CT molecular complexity index is 1130. The van der Waals surface area contributed by atoms with E-state index in [2.05, 4.69) is 9.97 Å². The van der Waals surface area contributed by atoms with Gasteiger partial charge in [-0.1, -0.05) is 11.6 Å². The number of pyridine rings is 1. The van der Waals surface area contributed by atoms with Crippen molar-refractivity contribution in [1.82, 2.24) is 18.8 Å². The Kier molecular flexibility index (Phi) is 4.72. The molecule has 2 heterocycles. The molecule has 0 spiro atoms. The third-order valence-corrected chi connectivity index (χ3v) is 6.21. The maximum Gasteiger partial charge on any atom is 0.259 e. The molecule has 0 radical (unpaired) electrons. The van der Waals surface area contributed by atoms with Gasteiger partial charge >= 0.3 is 0 Å². The summed E-state index contributed by atoms with van der Waals surface area (Å²) in [4.78, 5) is 19.8. The Morgan fingerprint density at radius 1 is 1.19 bits per heavy atom. The molecule has 1 N–H and O–H groups in total. The van der Waals surface area contributed by atoms with E-state index < -0.39 is 10.0 Å². The highest BCUT2D eigenvalue weighted by molar-refractivity contribution is 7.89. The van der Waals surface area contributed by atoms with Gasteiger partial charge in [0.05, 0.1) is 16.8 Å². The molecular weight excluding hydrogens is 352 g/mol. The van der Waals surface area contributed by atoms with Crippen LogP contribution in [-0.4, -0.2) is 47.1 Å². The van der Waals surface area contributed by atoms with Crippen molar-refractivity contribution in [3.63, 3.8) is 0 Å². The van der Waals surface area contributed by atoms with Gasteiger partial charge in [-0.05, 0) is 36.9 Å².